The van der Waals surface area contributed by atoms with Crippen molar-refractivity contribution in [2.24, 2.45) is 5.73 Å². The Hall–Kier alpha value is -2.39. The molecule has 0 saturated heterocycles. The number of amides is 2. The minimum Gasteiger partial charge on any atom is -0.462 e. The van der Waals surface area contributed by atoms with Crippen LogP contribution in [0.25, 0.3) is 0 Å². The highest BCUT2D eigenvalue weighted by molar-refractivity contribution is 9.10. The second kappa shape index (κ2) is 8.81. The fourth-order valence-electron chi connectivity index (χ4n) is 2.21. The zero-order chi connectivity index (χ0) is 19.3. The van der Waals surface area contributed by atoms with Crippen LogP contribution in [0.5, 0.6) is 0 Å². The van der Waals surface area contributed by atoms with Crippen LogP contribution in [0.15, 0.2) is 28.7 Å². The molecule has 2 aromatic rings. The number of primary amides is 1. The summed E-state index contributed by atoms with van der Waals surface area (Å²) < 4.78 is 5.94. The van der Waals surface area contributed by atoms with Crippen molar-refractivity contribution in [3.05, 3.63) is 44.7 Å². The van der Waals surface area contributed by atoms with E-state index in [9.17, 15) is 14.4 Å². The number of halogens is 1. The van der Waals surface area contributed by atoms with Crippen molar-refractivity contribution in [1.29, 1.82) is 0 Å². The van der Waals surface area contributed by atoms with Crippen molar-refractivity contribution in [3.63, 3.8) is 0 Å². The molecule has 138 valence electrons. The van der Waals surface area contributed by atoms with Crippen molar-refractivity contribution < 1.29 is 19.1 Å². The van der Waals surface area contributed by atoms with Gasteiger partial charge in [-0.2, -0.15) is 0 Å². The Morgan fingerprint density at radius 1 is 1.23 bits per heavy atom. The number of rotatable bonds is 7. The van der Waals surface area contributed by atoms with E-state index < -0.39 is 11.9 Å². The Balaban J connectivity index is 2.15. The Morgan fingerprint density at radius 3 is 2.46 bits per heavy atom. The number of hydrogen-bond acceptors (Lipinski definition) is 6. The normalized spacial score (nSPS) is 10.3. The summed E-state index contributed by atoms with van der Waals surface area (Å²) in [5.41, 5.74) is 6.67. The lowest BCUT2D eigenvalue weighted by atomic mass is 10.1. The first-order valence-corrected chi connectivity index (χ1v) is 9.34. The Labute approximate surface area is 163 Å². The average molecular weight is 440 g/mol. The lowest BCUT2D eigenvalue weighted by Gasteiger charge is -2.09. The second-order valence-electron chi connectivity index (χ2n) is 5.25. The summed E-state index contributed by atoms with van der Waals surface area (Å²) in [6.07, 6.45) is 0. The minimum absolute atomic E-state index is 0.00719. The fourth-order valence-corrected chi connectivity index (χ4v) is 3.53. The van der Waals surface area contributed by atoms with E-state index in [0.29, 0.717) is 5.56 Å². The number of benzene rings is 1. The SMILES string of the molecule is CCOC(=O)c1c(NC(=O)CNc2ccc(Br)cc2)sc(C(N)=O)c1C. The third kappa shape index (κ3) is 4.83. The number of carbonyl (C=O) groups excluding carboxylic acids is 3. The van der Waals surface area contributed by atoms with Crippen LogP contribution in [-0.2, 0) is 9.53 Å². The van der Waals surface area contributed by atoms with Gasteiger partial charge in [-0.25, -0.2) is 4.79 Å². The van der Waals surface area contributed by atoms with Crippen LogP contribution in [-0.4, -0.2) is 30.9 Å². The number of carbonyl (C=O) groups is 3. The summed E-state index contributed by atoms with van der Waals surface area (Å²) in [6.45, 7) is 3.44. The Kier molecular flexibility index (Phi) is 6.76. The highest BCUT2D eigenvalue weighted by atomic mass is 79.9. The van der Waals surface area contributed by atoms with Crippen LogP contribution in [0.1, 0.15) is 32.5 Å². The molecule has 0 unspecified atom stereocenters. The number of nitrogens with one attached hydrogen (secondary N) is 2. The molecular weight excluding hydrogens is 422 g/mol. The van der Waals surface area contributed by atoms with Gasteiger partial charge in [0, 0.05) is 10.2 Å². The predicted molar refractivity (Wildman–Crippen MR) is 105 cm³/mol. The van der Waals surface area contributed by atoms with E-state index in [1.165, 1.54) is 0 Å². The molecule has 26 heavy (non-hydrogen) atoms. The number of esters is 1. The Bertz CT molecular complexity index is 833. The predicted octanol–water partition coefficient (Wildman–Crippen LogP) is 3.15. The van der Waals surface area contributed by atoms with Crippen LogP contribution < -0.4 is 16.4 Å². The molecule has 0 aliphatic rings. The van der Waals surface area contributed by atoms with Crippen LogP contribution >= 0.6 is 27.3 Å². The van der Waals surface area contributed by atoms with E-state index in [1.807, 2.05) is 24.3 Å². The van der Waals surface area contributed by atoms with Crippen LogP contribution in [0, 0.1) is 6.92 Å². The molecule has 0 radical (unpaired) electrons. The summed E-state index contributed by atoms with van der Waals surface area (Å²) in [7, 11) is 0. The molecule has 0 spiro atoms. The molecule has 0 saturated carbocycles. The van der Waals surface area contributed by atoms with Gasteiger partial charge in [0.1, 0.15) is 5.00 Å². The first-order valence-electron chi connectivity index (χ1n) is 7.73. The topological polar surface area (TPSA) is 111 Å². The lowest BCUT2D eigenvalue weighted by Crippen LogP contribution is -2.22. The molecule has 1 aromatic heterocycles. The molecule has 0 aliphatic carbocycles. The number of ether oxygens (including phenoxy) is 1. The molecular formula is C17H18BrN3O4S. The van der Waals surface area contributed by atoms with E-state index in [1.54, 1.807) is 13.8 Å². The number of nitrogens with two attached hydrogens (primary N) is 1. The van der Waals surface area contributed by atoms with Crippen molar-refractivity contribution in [2.45, 2.75) is 13.8 Å². The van der Waals surface area contributed by atoms with Gasteiger partial charge in [0.25, 0.3) is 5.91 Å². The summed E-state index contributed by atoms with van der Waals surface area (Å²) in [5, 5.41) is 5.87. The monoisotopic (exact) mass is 439 g/mol. The van der Waals surface area contributed by atoms with Crippen molar-refractivity contribution in [2.75, 3.05) is 23.8 Å². The largest absolute Gasteiger partial charge is 0.462 e. The van der Waals surface area contributed by atoms with Crippen molar-refractivity contribution >= 4 is 55.7 Å². The summed E-state index contributed by atoms with van der Waals surface area (Å²) in [5.74, 6) is -1.63. The summed E-state index contributed by atoms with van der Waals surface area (Å²) in [6, 6.07) is 7.34. The van der Waals surface area contributed by atoms with Gasteiger partial charge in [0.15, 0.2) is 0 Å². The zero-order valence-electron chi connectivity index (χ0n) is 14.2. The Morgan fingerprint density at radius 2 is 1.88 bits per heavy atom. The second-order valence-corrected chi connectivity index (χ2v) is 7.19. The maximum atomic E-state index is 12.2. The van der Waals surface area contributed by atoms with Gasteiger partial charge in [0.05, 0.1) is 23.6 Å². The third-order valence-electron chi connectivity index (χ3n) is 3.40. The van der Waals surface area contributed by atoms with E-state index >= 15 is 0 Å². The average Bonchev–Trinajstić information content (AvgIpc) is 2.91. The van der Waals surface area contributed by atoms with E-state index in [-0.39, 0.29) is 34.5 Å². The van der Waals surface area contributed by atoms with Gasteiger partial charge < -0.3 is 21.1 Å². The van der Waals surface area contributed by atoms with E-state index in [0.717, 1.165) is 21.5 Å². The molecule has 2 rings (SSSR count). The minimum atomic E-state index is -0.661. The molecule has 0 atom stereocenters. The summed E-state index contributed by atoms with van der Waals surface area (Å²) >= 11 is 4.30. The maximum Gasteiger partial charge on any atom is 0.341 e. The van der Waals surface area contributed by atoms with Crippen LogP contribution in [0.3, 0.4) is 0 Å². The first kappa shape index (κ1) is 19.9. The number of thiophene rings is 1. The van der Waals surface area contributed by atoms with Gasteiger partial charge in [-0.05, 0) is 43.7 Å². The highest BCUT2D eigenvalue weighted by Gasteiger charge is 2.25. The lowest BCUT2D eigenvalue weighted by molar-refractivity contribution is -0.114. The standard InChI is InChI=1S/C17H18BrN3O4S/c1-3-25-17(24)13-9(2)14(15(19)23)26-16(13)21-12(22)8-20-11-6-4-10(18)5-7-11/h4-7,20H,3,8H2,1-2H3,(H2,19,23)(H,21,22). The molecule has 4 N–H and O–H groups in total. The zero-order valence-corrected chi connectivity index (χ0v) is 16.6. The quantitative estimate of drug-likeness (QED) is 0.573. The molecule has 2 amide bonds. The molecule has 1 heterocycles. The van der Waals surface area contributed by atoms with Gasteiger partial charge >= 0.3 is 5.97 Å². The highest BCUT2D eigenvalue weighted by Crippen LogP contribution is 2.33. The summed E-state index contributed by atoms with van der Waals surface area (Å²) in [4.78, 5) is 36.2. The van der Waals surface area contributed by atoms with Crippen LogP contribution in [0.2, 0.25) is 0 Å². The fraction of sp³-hybridized carbons (Fsp3) is 0.235. The molecule has 1 aromatic carbocycles. The molecule has 0 bridgehead atoms. The smallest absolute Gasteiger partial charge is 0.341 e. The van der Waals surface area contributed by atoms with Crippen LogP contribution in [0.4, 0.5) is 10.7 Å². The van der Waals surface area contributed by atoms with Crippen molar-refractivity contribution in [1.82, 2.24) is 0 Å². The molecule has 0 fully saturated rings. The molecule has 0 aliphatic heterocycles. The van der Waals surface area contributed by atoms with Gasteiger partial charge in [0.2, 0.25) is 5.91 Å². The van der Waals surface area contributed by atoms with Crippen molar-refractivity contribution in [3.8, 4) is 0 Å². The van der Waals surface area contributed by atoms with Gasteiger partial charge in [-0.15, -0.1) is 11.3 Å². The van der Waals surface area contributed by atoms with E-state index in [4.69, 9.17) is 10.5 Å². The number of anilines is 2. The van der Waals surface area contributed by atoms with E-state index in [2.05, 4.69) is 26.6 Å². The maximum absolute atomic E-state index is 12.2. The van der Waals surface area contributed by atoms with Gasteiger partial charge in [-0.3, -0.25) is 9.59 Å². The molecule has 7 nitrogen and oxygen atoms in total. The first-order chi connectivity index (χ1) is 12.3. The third-order valence-corrected chi connectivity index (χ3v) is 5.15. The van der Waals surface area contributed by atoms with Gasteiger partial charge in [-0.1, -0.05) is 15.9 Å². The molecule has 9 heteroatoms. The number of hydrogen-bond donors (Lipinski definition) is 3.